The van der Waals surface area contributed by atoms with Crippen LogP contribution in [0.25, 0.3) is 11.0 Å². The predicted octanol–water partition coefficient (Wildman–Crippen LogP) is 4.46. The second-order valence-electron chi connectivity index (χ2n) is 6.68. The summed E-state index contributed by atoms with van der Waals surface area (Å²) >= 11 is 0. The Labute approximate surface area is 148 Å². The fourth-order valence-corrected chi connectivity index (χ4v) is 3.84. The van der Waals surface area contributed by atoms with Crippen LogP contribution in [0.2, 0.25) is 0 Å². The van der Waals surface area contributed by atoms with E-state index in [1.165, 1.54) is 31.4 Å². The molecular formula is C19H26N6. The van der Waals surface area contributed by atoms with Gasteiger partial charge in [-0.15, -0.1) is 0 Å². The summed E-state index contributed by atoms with van der Waals surface area (Å²) in [5.41, 5.74) is 3.24. The highest BCUT2D eigenvalue weighted by Crippen LogP contribution is 2.32. The molecule has 0 unspecified atom stereocenters. The normalized spacial score (nSPS) is 15.1. The summed E-state index contributed by atoms with van der Waals surface area (Å²) in [6, 6.07) is 6.95. The Kier molecular flexibility index (Phi) is 4.34. The van der Waals surface area contributed by atoms with Crippen LogP contribution >= 0.6 is 0 Å². The van der Waals surface area contributed by atoms with Crippen LogP contribution in [-0.4, -0.2) is 32.6 Å². The van der Waals surface area contributed by atoms with Crippen molar-refractivity contribution < 1.29 is 0 Å². The molecule has 132 valence electrons. The fraction of sp³-hybridized carbons (Fsp3) is 0.474. The molecule has 1 saturated carbocycles. The first kappa shape index (κ1) is 16.0. The first-order valence-corrected chi connectivity index (χ1v) is 9.33. The molecule has 0 radical (unpaired) electrons. The molecule has 25 heavy (non-hydrogen) atoms. The minimum atomic E-state index is 0.559. The topological polar surface area (TPSA) is 61.8 Å². The smallest absolute Gasteiger partial charge is 0.209 e. The van der Waals surface area contributed by atoms with Crippen LogP contribution in [0.3, 0.4) is 0 Å². The summed E-state index contributed by atoms with van der Waals surface area (Å²) in [7, 11) is 0. The van der Waals surface area contributed by atoms with Gasteiger partial charge in [-0.3, -0.25) is 5.32 Å². The zero-order chi connectivity index (χ0) is 17.2. The molecule has 1 aliphatic carbocycles. The average Bonchev–Trinajstić information content (AvgIpc) is 3.35. The molecule has 6 heteroatoms. The number of nitrogens with zero attached hydrogens (tertiary/aromatic N) is 4. The summed E-state index contributed by atoms with van der Waals surface area (Å²) in [4.78, 5) is 14.9. The van der Waals surface area contributed by atoms with Crippen molar-refractivity contribution >= 4 is 28.6 Å². The maximum absolute atomic E-state index is 4.67. The Morgan fingerprint density at radius 2 is 2.04 bits per heavy atom. The van der Waals surface area contributed by atoms with Crippen molar-refractivity contribution in [3.63, 3.8) is 0 Å². The number of hydrogen-bond donors (Lipinski definition) is 2. The van der Waals surface area contributed by atoms with Crippen LogP contribution in [0.4, 0.5) is 17.6 Å². The lowest BCUT2D eigenvalue weighted by Gasteiger charge is -2.20. The highest BCUT2D eigenvalue weighted by Gasteiger charge is 2.19. The Balaban J connectivity index is 1.59. The number of benzene rings is 1. The van der Waals surface area contributed by atoms with Crippen LogP contribution in [0.15, 0.2) is 30.6 Å². The number of anilines is 3. The highest BCUT2D eigenvalue weighted by atomic mass is 15.3. The van der Waals surface area contributed by atoms with Crippen molar-refractivity contribution in [1.82, 2.24) is 19.5 Å². The van der Waals surface area contributed by atoms with Gasteiger partial charge in [-0.2, -0.15) is 0 Å². The number of H-pyrrole nitrogens is 1. The third-order valence-electron chi connectivity index (χ3n) is 5.21. The lowest BCUT2D eigenvalue weighted by Crippen LogP contribution is -2.21. The van der Waals surface area contributed by atoms with Gasteiger partial charge in [0, 0.05) is 37.2 Å². The van der Waals surface area contributed by atoms with E-state index in [0.29, 0.717) is 6.04 Å². The van der Waals surface area contributed by atoms with E-state index in [4.69, 9.17) is 0 Å². The van der Waals surface area contributed by atoms with Crippen molar-refractivity contribution in [3.8, 4) is 0 Å². The summed E-state index contributed by atoms with van der Waals surface area (Å²) in [5, 5.41) is 3.37. The number of hydrogen-bond acceptors (Lipinski definition) is 4. The minimum Gasteiger partial charge on any atom is -0.372 e. The second-order valence-corrected chi connectivity index (χ2v) is 6.68. The number of aromatic nitrogens is 4. The van der Waals surface area contributed by atoms with Gasteiger partial charge in [0.2, 0.25) is 11.9 Å². The Hall–Kier alpha value is -2.50. The van der Waals surface area contributed by atoms with Gasteiger partial charge < -0.3 is 14.5 Å². The van der Waals surface area contributed by atoms with E-state index in [-0.39, 0.29) is 0 Å². The van der Waals surface area contributed by atoms with Gasteiger partial charge in [-0.25, -0.2) is 9.97 Å². The standard InChI is InChI=1S/C19H26N6/c1-3-24(4-2)15-9-10-16-17(13-15)22-18(21-16)23-19-20-11-12-25(19)14-7-5-6-8-14/h9-14H,3-8H2,1-2H3,(H2,20,21,22,23). The Morgan fingerprint density at radius 3 is 2.80 bits per heavy atom. The summed E-state index contributed by atoms with van der Waals surface area (Å²) < 4.78 is 2.25. The molecule has 1 fully saturated rings. The molecule has 1 aromatic carbocycles. The molecule has 4 rings (SSSR count). The molecule has 0 spiro atoms. The number of aromatic amines is 1. The molecule has 0 bridgehead atoms. The van der Waals surface area contributed by atoms with E-state index in [2.05, 4.69) is 68.0 Å². The van der Waals surface area contributed by atoms with E-state index < -0.39 is 0 Å². The maximum atomic E-state index is 4.67. The third kappa shape index (κ3) is 3.08. The second kappa shape index (κ2) is 6.78. The van der Waals surface area contributed by atoms with Crippen LogP contribution in [0.1, 0.15) is 45.6 Å². The summed E-state index contributed by atoms with van der Waals surface area (Å²) in [6.45, 7) is 6.35. The molecule has 2 N–H and O–H groups in total. The van der Waals surface area contributed by atoms with Crippen LogP contribution in [-0.2, 0) is 0 Å². The quantitative estimate of drug-likeness (QED) is 0.696. The van der Waals surface area contributed by atoms with E-state index >= 15 is 0 Å². The van der Waals surface area contributed by atoms with E-state index in [0.717, 1.165) is 36.0 Å². The molecule has 0 amide bonds. The predicted molar refractivity (Wildman–Crippen MR) is 103 cm³/mol. The van der Waals surface area contributed by atoms with Gasteiger partial charge in [0.25, 0.3) is 0 Å². The van der Waals surface area contributed by atoms with E-state index in [1.807, 2.05) is 6.20 Å². The van der Waals surface area contributed by atoms with E-state index in [9.17, 15) is 0 Å². The van der Waals surface area contributed by atoms with Crippen molar-refractivity contribution in [2.24, 2.45) is 0 Å². The molecule has 2 heterocycles. The highest BCUT2D eigenvalue weighted by molar-refractivity contribution is 5.82. The van der Waals surface area contributed by atoms with Crippen molar-refractivity contribution in [1.29, 1.82) is 0 Å². The first-order chi connectivity index (χ1) is 12.3. The fourth-order valence-electron chi connectivity index (χ4n) is 3.84. The molecular weight excluding hydrogens is 312 g/mol. The van der Waals surface area contributed by atoms with Gasteiger partial charge >= 0.3 is 0 Å². The minimum absolute atomic E-state index is 0.559. The Bertz CT molecular complexity index is 839. The molecule has 0 aliphatic heterocycles. The molecule has 0 atom stereocenters. The van der Waals surface area contributed by atoms with Crippen LogP contribution in [0, 0.1) is 0 Å². The van der Waals surface area contributed by atoms with Gasteiger partial charge in [-0.1, -0.05) is 12.8 Å². The van der Waals surface area contributed by atoms with Gasteiger partial charge in [0.15, 0.2) is 0 Å². The number of rotatable bonds is 6. The van der Waals surface area contributed by atoms with Crippen LogP contribution < -0.4 is 10.2 Å². The lowest BCUT2D eigenvalue weighted by molar-refractivity contribution is 0.524. The van der Waals surface area contributed by atoms with Crippen molar-refractivity contribution in [2.75, 3.05) is 23.3 Å². The summed E-state index contributed by atoms with van der Waals surface area (Å²) in [5.74, 6) is 1.62. The third-order valence-corrected chi connectivity index (χ3v) is 5.21. The molecule has 3 aromatic rings. The first-order valence-electron chi connectivity index (χ1n) is 9.33. The zero-order valence-electron chi connectivity index (χ0n) is 15.0. The maximum Gasteiger partial charge on any atom is 0.209 e. The molecule has 6 nitrogen and oxygen atoms in total. The molecule has 1 aliphatic rings. The summed E-state index contributed by atoms with van der Waals surface area (Å²) in [6.07, 6.45) is 9.01. The number of fused-ring (bicyclic) bond motifs is 1. The SMILES string of the molecule is CCN(CC)c1ccc2nc(Nc3nccn3C3CCCC3)[nH]c2c1. The van der Waals surface area contributed by atoms with Gasteiger partial charge in [0.1, 0.15) is 0 Å². The number of nitrogens with one attached hydrogen (secondary N) is 2. The largest absolute Gasteiger partial charge is 0.372 e. The molecule has 2 aromatic heterocycles. The number of imidazole rings is 2. The van der Waals surface area contributed by atoms with Gasteiger partial charge in [-0.05, 0) is 44.9 Å². The zero-order valence-corrected chi connectivity index (χ0v) is 15.0. The molecule has 0 saturated heterocycles. The Morgan fingerprint density at radius 1 is 1.24 bits per heavy atom. The lowest BCUT2D eigenvalue weighted by atomic mass is 10.2. The van der Waals surface area contributed by atoms with E-state index in [1.54, 1.807) is 0 Å². The monoisotopic (exact) mass is 338 g/mol. The van der Waals surface area contributed by atoms with Crippen molar-refractivity contribution in [2.45, 2.75) is 45.6 Å². The van der Waals surface area contributed by atoms with Gasteiger partial charge in [0.05, 0.1) is 11.0 Å². The average molecular weight is 338 g/mol. The van der Waals surface area contributed by atoms with Crippen LogP contribution in [0.5, 0.6) is 0 Å². The van der Waals surface area contributed by atoms with Crippen molar-refractivity contribution in [3.05, 3.63) is 30.6 Å².